The van der Waals surface area contributed by atoms with Gasteiger partial charge in [-0.05, 0) is 36.7 Å². The fraction of sp³-hybridized carbons (Fsp3) is 0.312. The maximum absolute atomic E-state index is 10.9. The normalized spacial score (nSPS) is 12.8. The van der Waals surface area contributed by atoms with Gasteiger partial charge < -0.3 is 5.11 Å². The summed E-state index contributed by atoms with van der Waals surface area (Å²) in [6.07, 6.45) is 0.857. The van der Waals surface area contributed by atoms with E-state index in [1.165, 1.54) is 16.3 Å². The van der Waals surface area contributed by atoms with E-state index in [0.717, 1.165) is 13.0 Å². The number of carbonyl (C=O) groups is 1. The number of likely N-dealkylation sites (N-methyl/N-ethyl adjacent to an activating group) is 1. The molecule has 0 aliphatic rings. The van der Waals surface area contributed by atoms with Crippen LogP contribution in [0.15, 0.2) is 42.5 Å². The van der Waals surface area contributed by atoms with Crippen LogP contribution in [0.4, 0.5) is 0 Å². The molecule has 2 rings (SSSR count). The van der Waals surface area contributed by atoms with Crippen molar-refractivity contribution in [3.05, 3.63) is 48.0 Å². The number of carboxylic acids is 1. The summed E-state index contributed by atoms with van der Waals surface area (Å²) < 4.78 is 0. The quantitative estimate of drug-likeness (QED) is 0.895. The van der Waals surface area contributed by atoms with Gasteiger partial charge in [0.1, 0.15) is 6.04 Å². The Morgan fingerprint density at radius 3 is 2.63 bits per heavy atom. The van der Waals surface area contributed by atoms with Crippen molar-refractivity contribution in [2.75, 3.05) is 13.6 Å². The van der Waals surface area contributed by atoms with Crippen LogP contribution in [0.25, 0.3) is 10.8 Å². The molecule has 0 fully saturated rings. The SMILES string of the molecule is CC(C(=O)O)N(C)CCc1cccc2ccccc12. The zero-order valence-electron chi connectivity index (χ0n) is 11.3. The maximum Gasteiger partial charge on any atom is 0.320 e. The molecule has 0 radical (unpaired) electrons. The summed E-state index contributed by atoms with van der Waals surface area (Å²) in [5, 5.41) is 11.5. The first-order chi connectivity index (χ1) is 9.09. The molecule has 0 aliphatic heterocycles. The van der Waals surface area contributed by atoms with E-state index in [1.54, 1.807) is 6.92 Å². The topological polar surface area (TPSA) is 40.5 Å². The third kappa shape index (κ3) is 3.12. The van der Waals surface area contributed by atoms with Crippen LogP contribution in [0.5, 0.6) is 0 Å². The van der Waals surface area contributed by atoms with Gasteiger partial charge in [-0.1, -0.05) is 42.5 Å². The Morgan fingerprint density at radius 1 is 1.21 bits per heavy atom. The van der Waals surface area contributed by atoms with Crippen molar-refractivity contribution in [1.29, 1.82) is 0 Å². The van der Waals surface area contributed by atoms with Crippen molar-refractivity contribution >= 4 is 16.7 Å². The highest BCUT2D eigenvalue weighted by molar-refractivity contribution is 5.85. The van der Waals surface area contributed by atoms with Gasteiger partial charge in [-0.2, -0.15) is 0 Å². The first-order valence-electron chi connectivity index (χ1n) is 6.49. The van der Waals surface area contributed by atoms with Gasteiger partial charge in [0.05, 0.1) is 0 Å². The zero-order valence-corrected chi connectivity index (χ0v) is 11.3. The molecular formula is C16H19NO2. The Bertz CT molecular complexity index is 574. The second kappa shape index (κ2) is 5.85. The van der Waals surface area contributed by atoms with Gasteiger partial charge in [-0.15, -0.1) is 0 Å². The molecule has 3 heteroatoms. The third-order valence-electron chi connectivity index (χ3n) is 3.63. The third-order valence-corrected chi connectivity index (χ3v) is 3.63. The van der Waals surface area contributed by atoms with E-state index in [2.05, 4.69) is 30.3 Å². The Labute approximate surface area is 113 Å². The minimum absolute atomic E-state index is 0.449. The lowest BCUT2D eigenvalue weighted by molar-refractivity contribution is -0.142. The summed E-state index contributed by atoms with van der Waals surface area (Å²) in [6.45, 7) is 2.45. The van der Waals surface area contributed by atoms with Gasteiger partial charge in [0.2, 0.25) is 0 Å². The fourth-order valence-corrected chi connectivity index (χ4v) is 2.19. The highest BCUT2D eigenvalue weighted by Gasteiger charge is 2.16. The highest BCUT2D eigenvalue weighted by Crippen LogP contribution is 2.19. The van der Waals surface area contributed by atoms with E-state index in [4.69, 9.17) is 5.11 Å². The van der Waals surface area contributed by atoms with Crippen LogP contribution in [0.1, 0.15) is 12.5 Å². The van der Waals surface area contributed by atoms with Crippen molar-refractivity contribution in [2.45, 2.75) is 19.4 Å². The van der Waals surface area contributed by atoms with Crippen LogP contribution in [-0.4, -0.2) is 35.6 Å². The number of rotatable bonds is 5. The summed E-state index contributed by atoms with van der Waals surface area (Å²) in [7, 11) is 1.85. The molecule has 0 aliphatic carbocycles. The summed E-state index contributed by atoms with van der Waals surface area (Å²) in [5.74, 6) is -0.777. The van der Waals surface area contributed by atoms with E-state index in [9.17, 15) is 4.79 Å². The van der Waals surface area contributed by atoms with Gasteiger partial charge >= 0.3 is 5.97 Å². The average molecular weight is 257 g/mol. The van der Waals surface area contributed by atoms with Crippen LogP contribution in [0, 0.1) is 0 Å². The van der Waals surface area contributed by atoms with Crippen LogP contribution < -0.4 is 0 Å². The Kier molecular flexibility index (Phi) is 4.17. The van der Waals surface area contributed by atoms with Crippen molar-refractivity contribution in [1.82, 2.24) is 4.90 Å². The predicted octanol–water partition coefficient (Wildman–Crippen LogP) is 2.79. The number of aliphatic carboxylic acids is 1. The zero-order chi connectivity index (χ0) is 13.8. The monoisotopic (exact) mass is 257 g/mol. The summed E-state index contributed by atoms with van der Waals surface area (Å²) >= 11 is 0. The van der Waals surface area contributed by atoms with E-state index in [1.807, 2.05) is 24.1 Å². The molecule has 0 aromatic heterocycles. The lowest BCUT2D eigenvalue weighted by atomic mass is 10.0. The van der Waals surface area contributed by atoms with Gasteiger partial charge in [-0.3, -0.25) is 9.69 Å². The lowest BCUT2D eigenvalue weighted by Gasteiger charge is -2.21. The summed E-state index contributed by atoms with van der Waals surface area (Å²) in [4.78, 5) is 12.8. The molecule has 2 aromatic rings. The molecule has 0 saturated heterocycles. The van der Waals surface area contributed by atoms with Gasteiger partial charge in [0.15, 0.2) is 0 Å². The Balaban J connectivity index is 2.12. The molecule has 1 N–H and O–H groups in total. The molecule has 1 unspecified atom stereocenters. The minimum Gasteiger partial charge on any atom is -0.480 e. The number of nitrogens with zero attached hydrogens (tertiary/aromatic N) is 1. The second-order valence-electron chi connectivity index (χ2n) is 4.88. The summed E-state index contributed by atoms with van der Waals surface area (Å²) in [6, 6.07) is 14.1. The van der Waals surface area contributed by atoms with Crippen LogP contribution in [-0.2, 0) is 11.2 Å². The molecular weight excluding hydrogens is 238 g/mol. The van der Waals surface area contributed by atoms with Gasteiger partial charge in [0, 0.05) is 6.54 Å². The smallest absolute Gasteiger partial charge is 0.320 e. The van der Waals surface area contributed by atoms with E-state index < -0.39 is 12.0 Å². The molecule has 0 spiro atoms. The summed E-state index contributed by atoms with van der Waals surface area (Å²) in [5.41, 5.74) is 1.27. The van der Waals surface area contributed by atoms with Crippen LogP contribution in [0.3, 0.4) is 0 Å². The number of benzene rings is 2. The predicted molar refractivity (Wildman–Crippen MR) is 77.4 cm³/mol. The Hall–Kier alpha value is -1.87. The van der Waals surface area contributed by atoms with Gasteiger partial charge in [-0.25, -0.2) is 0 Å². The molecule has 1 atom stereocenters. The standard InChI is InChI=1S/C16H19NO2/c1-12(16(18)19)17(2)11-10-14-8-5-7-13-6-3-4-9-15(13)14/h3-9,12H,10-11H2,1-2H3,(H,18,19). The first-order valence-corrected chi connectivity index (χ1v) is 6.49. The van der Waals surface area contributed by atoms with Crippen molar-refractivity contribution < 1.29 is 9.90 Å². The maximum atomic E-state index is 10.9. The second-order valence-corrected chi connectivity index (χ2v) is 4.88. The van der Waals surface area contributed by atoms with E-state index in [-0.39, 0.29) is 0 Å². The fourth-order valence-electron chi connectivity index (χ4n) is 2.19. The first kappa shape index (κ1) is 13.6. The molecule has 100 valence electrons. The van der Waals surface area contributed by atoms with Crippen LogP contribution in [0.2, 0.25) is 0 Å². The molecule has 3 nitrogen and oxygen atoms in total. The van der Waals surface area contributed by atoms with Crippen LogP contribution >= 0.6 is 0 Å². The largest absolute Gasteiger partial charge is 0.480 e. The van der Waals surface area contributed by atoms with E-state index in [0.29, 0.717) is 0 Å². The Morgan fingerprint density at radius 2 is 1.89 bits per heavy atom. The minimum atomic E-state index is -0.777. The van der Waals surface area contributed by atoms with Gasteiger partial charge in [0.25, 0.3) is 0 Å². The average Bonchev–Trinajstić information content (AvgIpc) is 2.43. The number of fused-ring (bicyclic) bond motifs is 1. The molecule has 2 aromatic carbocycles. The molecule has 0 bridgehead atoms. The van der Waals surface area contributed by atoms with Crippen molar-refractivity contribution in [2.24, 2.45) is 0 Å². The number of carboxylic acid groups (broad SMARTS) is 1. The lowest BCUT2D eigenvalue weighted by Crippen LogP contribution is -2.37. The molecule has 0 amide bonds. The molecule has 0 saturated carbocycles. The van der Waals surface area contributed by atoms with E-state index >= 15 is 0 Å². The van der Waals surface area contributed by atoms with Crippen molar-refractivity contribution in [3.8, 4) is 0 Å². The molecule has 0 heterocycles. The number of hydrogen-bond acceptors (Lipinski definition) is 2. The number of hydrogen-bond donors (Lipinski definition) is 1. The molecule has 19 heavy (non-hydrogen) atoms. The van der Waals surface area contributed by atoms with Crippen molar-refractivity contribution in [3.63, 3.8) is 0 Å². The highest BCUT2D eigenvalue weighted by atomic mass is 16.4.